The third-order valence-electron chi connectivity index (χ3n) is 9.55. The van der Waals surface area contributed by atoms with Crippen molar-refractivity contribution >= 4 is 23.5 Å². The van der Waals surface area contributed by atoms with Gasteiger partial charge in [-0.05, 0) is 58.2 Å². The van der Waals surface area contributed by atoms with Crippen molar-refractivity contribution in [3.8, 4) is 0 Å². The largest absolute Gasteiger partial charge is 2.00 e. The first kappa shape index (κ1) is 46.7. The van der Waals surface area contributed by atoms with Crippen LogP contribution < -0.4 is 24.8 Å². The van der Waals surface area contributed by atoms with Crippen molar-refractivity contribution in [2.75, 3.05) is 12.5 Å². The number of rotatable bonds is 6. The minimum atomic E-state index is 0. The topological polar surface area (TPSA) is 0 Å². The van der Waals surface area contributed by atoms with Crippen molar-refractivity contribution in [1.82, 2.24) is 0 Å². The van der Waals surface area contributed by atoms with Gasteiger partial charge in [-0.25, -0.2) is 23.3 Å². The van der Waals surface area contributed by atoms with E-state index in [0.29, 0.717) is 0 Å². The van der Waals surface area contributed by atoms with Gasteiger partial charge in [0.15, 0.2) is 0 Å². The van der Waals surface area contributed by atoms with Crippen LogP contribution in [-0.2, 0) is 43.4 Å². The normalized spacial score (nSPS) is 24.3. The Kier molecular flexibility index (Phi) is 19.0. The van der Waals surface area contributed by atoms with Crippen molar-refractivity contribution in [2.45, 2.75) is 104 Å². The maximum Gasteiger partial charge on any atom is 2.00 e. The van der Waals surface area contributed by atoms with Crippen LogP contribution in [0.2, 0.25) is 0 Å². The van der Waals surface area contributed by atoms with Crippen LogP contribution >= 0.6 is 23.5 Å². The zero-order valence-electron chi connectivity index (χ0n) is 29.2. The summed E-state index contributed by atoms with van der Waals surface area (Å²) < 4.78 is 0.244. The molecule has 6 heteroatoms. The van der Waals surface area contributed by atoms with Crippen LogP contribution in [0.3, 0.4) is 0 Å². The Labute approximate surface area is 322 Å². The average Bonchev–Trinajstić information content (AvgIpc) is 3.63. The molecular formula is C38H54Cl2S2Ti2. The minimum Gasteiger partial charge on any atom is -1.00 e. The molecule has 0 bridgehead atoms. The van der Waals surface area contributed by atoms with Crippen molar-refractivity contribution in [1.29, 1.82) is 0 Å². The van der Waals surface area contributed by atoms with Crippen molar-refractivity contribution in [3.63, 3.8) is 0 Å². The minimum absolute atomic E-state index is 0. The van der Waals surface area contributed by atoms with Gasteiger partial charge in [-0.2, -0.15) is 35.7 Å². The Bertz CT molecular complexity index is 1110. The van der Waals surface area contributed by atoms with Gasteiger partial charge in [-0.15, -0.1) is 12.8 Å². The van der Waals surface area contributed by atoms with Gasteiger partial charge in [0.2, 0.25) is 0 Å². The molecule has 0 spiro atoms. The number of hydrogen-bond donors (Lipinski definition) is 0. The van der Waals surface area contributed by atoms with E-state index in [1.54, 1.807) is 11.1 Å². The maximum absolute atomic E-state index is 3.57. The van der Waals surface area contributed by atoms with Crippen LogP contribution in [0.4, 0.5) is 0 Å². The van der Waals surface area contributed by atoms with Crippen molar-refractivity contribution < 1.29 is 68.2 Å². The molecule has 0 aromatic carbocycles. The molecule has 0 nitrogen and oxygen atoms in total. The fourth-order valence-corrected chi connectivity index (χ4v) is 10.1. The molecule has 0 radical (unpaired) electrons. The molecule has 4 rings (SSSR count). The molecule has 240 valence electrons. The van der Waals surface area contributed by atoms with E-state index in [1.807, 2.05) is 23.5 Å². The van der Waals surface area contributed by atoms with Gasteiger partial charge in [-0.1, -0.05) is 106 Å². The fourth-order valence-electron chi connectivity index (χ4n) is 7.18. The van der Waals surface area contributed by atoms with E-state index in [0.717, 1.165) is 25.7 Å². The van der Waals surface area contributed by atoms with Gasteiger partial charge in [0.1, 0.15) is 0 Å². The Morgan fingerprint density at radius 2 is 0.886 bits per heavy atom. The Morgan fingerprint density at radius 1 is 0.568 bits per heavy atom. The molecule has 0 N–H and O–H groups in total. The summed E-state index contributed by atoms with van der Waals surface area (Å²) in [5, 5.41) is 0. The summed E-state index contributed by atoms with van der Waals surface area (Å²) in [7, 11) is 0. The molecule has 0 amide bonds. The Morgan fingerprint density at radius 3 is 1.11 bits per heavy atom. The van der Waals surface area contributed by atoms with Crippen LogP contribution in [0, 0.1) is 33.8 Å². The van der Waals surface area contributed by atoms with E-state index in [9.17, 15) is 0 Å². The first-order valence-electron chi connectivity index (χ1n) is 14.9. The fraction of sp³-hybridized carbons (Fsp3) is 0.579. The molecule has 2 atom stereocenters. The van der Waals surface area contributed by atoms with E-state index in [4.69, 9.17) is 0 Å². The zero-order valence-corrected chi connectivity index (χ0v) is 35.4. The third kappa shape index (κ3) is 8.99. The molecule has 0 aromatic rings. The standard InChI is InChI=1S/2C19H27S.2ClH.2Ti/c2*1-17(2,3)16-13-9-10-14-19(16,20-6)18(4,5)15-11-7-8-12-15;;;;/h2*7,9-11,13H,8,14H2,1-6H3;2*1H;;/q2*-1;;;2*+2/p-2. The van der Waals surface area contributed by atoms with Crippen LogP contribution in [-0.4, -0.2) is 22.0 Å². The molecule has 4 aliphatic carbocycles. The van der Waals surface area contributed by atoms with Gasteiger partial charge < -0.3 is 24.8 Å². The molecular weight excluding hydrogens is 687 g/mol. The third-order valence-corrected chi connectivity index (χ3v) is 12.7. The second-order valence-corrected chi connectivity index (χ2v) is 16.8. The molecule has 0 saturated carbocycles. The maximum atomic E-state index is 3.57. The van der Waals surface area contributed by atoms with Gasteiger partial charge in [0.05, 0.1) is 0 Å². The molecule has 0 fully saturated rings. The van der Waals surface area contributed by atoms with Crippen LogP contribution in [0.15, 0.2) is 83.1 Å². The number of thioether (sulfide) groups is 2. The summed E-state index contributed by atoms with van der Waals surface area (Å²) in [4.78, 5) is 0. The van der Waals surface area contributed by atoms with Gasteiger partial charge in [0.25, 0.3) is 0 Å². The van der Waals surface area contributed by atoms with Gasteiger partial charge in [-0.3, -0.25) is 12.2 Å². The predicted molar refractivity (Wildman–Crippen MR) is 184 cm³/mol. The summed E-state index contributed by atoms with van der Waals surface area (Å²) in [6, 6.07) is 0. The first-order chi connectivity index (χ1) is 18.5. The molecule has 0 aromatic heterocycles. The predicted octanol–water partition coefficient (Wildman–Crippen LogP) is 5.48. The first-order valence-corrected chi connectivity index (χ1v) is 17.4. The van der Waals surface area contributed by atoms with Crippen molar-refractivity contribution in [2.24, 2.45) is 21.7 Å². The summed E-state index contributed by atoms with van der Waals surface area (Å²) in [6.45, 7) is 23.6. The second-order valence-electron chi connectivity index (χ2n) is 14.6. The molecule has 2 unspecified atom stereocenters. The van der Waals surface area contributed by atoms with E-state index in [2.05, 4.69) is 155 Å². The van der Waals surface area contributed by atoms with Crippen LogP contribution in [0.5, 0.6) is 0 Å². The average molecular weight is 742 g/mol. The molecule has 0 saturated heterocycles. The summed E-state index contributed by atoms with van der Waals surface area (Å²) in [6.07, 6.45) is 38.6. The summed E-state index contributed by atoms with van der Waals surface area (Å²) in [5.74, 6) is 0. The number of allylic oxidation sites excluding steroid dienone is 14. The Balaban J connectivity index is 0. The SMILES string of the molecule is CSC1(C(C)(C)C2=[C-]CC=C2)CC=CC=C1C(C)(C)C.CSC1(C(C)(C)C2=[C-]CC=C2)CC=CC=C1C(C)(C)C.[Cl-].[Cl-].[Ti+2].[Ti+2]. The second kappa shape index (κ2) is 17.9. The van der Waals surface area contributed by atoms with E-state index in [1.165, 1.54) is 11.1 Å². The van der Waals surface area contributed by atoms with Gasteiger partial charge in [0, 0.05) is 9.49 Å². The molecule has 0 aliphatic heterocycles. The quantitative estimate of drug-likeness (QED) is 0.262. The van der Waals surface area contributed by atoms with Crippen molar-refractivity contribution in [3.05, 3.63) is 95.2 Å². The molecule has 44 heavy (non-hydrogen) atoms. The number of halogens is 2. The van der Waals surface area contributed by atoms with E-state index >= 15 is 0 Å². The van der Waals surface area contributed by atoms with Gasteiger partial charge >= 0.3 is 43.4 Å². The van der Waals surface area contributed by atoms with E-state index < -0.39 is 0 Å². The molecule has 0 heterocycles. The summed E-state index contributed by atoms with van der Waals surface area (Å²) >= 11 is 4.02. The molecule has 4 aliphatic rings. The zero-order chi connectivity index (χ0) is 30.0. The Hall–Kier alpha value is 0.629. The van der Waals surface area contributed by atoms with Crippen LogP contribution in [0.25, 0.3) is 0 Å². The summed E-state index contributed by atoms with van der Waals surface area (Å²) in [5.41, 5.74) is 6.41. The smallest absolute Gasteiger partial charge is 1.00 e. The van der Waals surface area contributed by atoms with E-state index in [-0.39, 0.29) is 99.4 Å². The monoisotopic (exact) mass is 740 g/mol. The van der Waals surface area contributed by atoms with Crippen LogP contribution in [0.1, 0.15) is 94.9 Å². The number of hydrogen-bond acceptors (Lipinski definition) is 2.